The van der Waals surface area contributed by atoms with Crippen LogP contribution in [0, 0.1) is 0 Å². The molecule has 2 aromatic heterocycles. The molecule has 33 heavy (non-hydrogen) atoms. The summed E-state index contributed by atoms with van der Waals surface area (Å²) in [5.74, 6) is 0.710. The van der Waals surface area contributed by atoms with Crippen LogP contribution in [0.3, 0.4) is 0 Å². The SMILES string of the molecule is COc1ccc(S(=O)(=O)N2CCN(c3ccc(Nc4cccnc4)nn3)CC2)cc1C(N)=O. The average Bonchev–Trinajstić information content (AvgIpc) is 2.85. The lowest BCUT2D eigenvalue weighted by atomic mass is 10.2. The quantitative estimate of drug-likeness (QED) is 0.522. The van der Waals surface area contributed by atoms with Crippen LogP contribution in [0.2, 0.25) is 0 Å². The minimum Gasteiger partial charge on any atom is -0.496 e. The summed E-state index contributed by atoms with van der Waals surface area (Å²) in [6, 6.07) is 11.4. The Labute approximate surface area is 191 Å². The molecule has 4 rings (SSSR count). The summed E-state index contributed by atoms with van der Waals surface area (Å²) in [7, 11) is -2.41. The molecular formula is C21H23N7O4S. The number of nitrogens with zero attached hydrogens (tertiary/aromatic N) is 5. The number of hydrogen-bond donors (Lipinski definition) is 2. The first-order valence-electron chi connectivity index (χ1n) is 10.1. The lowest BCUT2D eigenvalue weighted by Gasteiger charge is -2.34. The van der Waals surface area contributed by atoms with E-state index in [9.17, 15) is 13.2 Å². The number of aromatic nitrogens is 3. The van der Waals surface area contributed by atoms with Crippen molar-refractivity contribution < 1.29 is 17.9 Å². The fourth-order valence-electron chi connectivity index (χ4n) is 3.49. The predicted octanol–water partition coefficient (Wildman–Crippen LogP) is 1.23. The highest BCUT2D eigenvalue weighted by molar-refractivity contribution is 7.89. The number of ether oxygens (including phenoxy) is 1. The first kappa shape index (κ1) is 22.4. The fraction of sp³-hybridized carbons (Fsp3) is 0.238. The Kier molecular flexibility index (Phi) is 6.38. The van der Waals surface area contributed by atoms with Gasteiger partial charge in [-0.3, -0.25) is 9.78 Å². The molecule has 1 aliphatic heterocycles. The van der Waals surface area contributed by atoms with Gasteiger partial charge in [-0.05, 0) is 42.5 Å². The van der Waals surface area contributed by atoms with E-state index >= 15 is 0 Å². The van der Waals surface area contributed by atoms with Crippen LogP contribution in [0.5, 0.6) is 5.75 Å². The summed E-state index contributed by atoms with van der Waals surface area (Å²) < 4.78 is 32.7. The molecule has 0 spiro atoms. The Morgan fingerprint density at radius 1 is 1.09 bits per heavy atom. The third-order valence-electron chi connectivity index (χ3n) is 5.22. The van der Waals surface area contributed by atoms with Crippen LogP contribution in [-0.2, 0) is 10.0 Å². The number of hydrogen-bond acceptors (Lipinski definition) is 9. The van der Waals surface area contributed by atoms with Gasteiger partial charge < -0.3 is 20.7 Å². The second-order valence-electron chi connectivity index (χ2n) is 7.26. The number of pyridine rings is 1. The Bertz CT molecular complexity index is 1230. The van der Waals surface area contributed by atoms with E-state index in [-0.39, 0.29) is 29.3 Å². The molecule has 0 bridgehead atoms. The van der Waals surface area contributed by atoms with E-state index in [0.717, 1.165) is 5.69 Å². The van der Waals surface area contributed by atoms with E-state index in [1.54, 1.807) is 18.5 Å². The highest BCUT2D eigenvalue weighted by Crippen LogP contribution is 2.26. The Balaban J connectivity index is 1.42. The molecule has 3 aromatic rings. The van der Waals surface area contributed by atoms with Crippen LogP contribution in [0.25, 0.3) is 0 Å². The Hall–Kier alpha value is -3.77. The van der Waals surface area contributed by atoms with Gasteiger partial charge in [-0.25, -0.2) is 8.42 Å². The van der Waals surface area contributed by atoms with Crippen LogP contribution in [-0.4, -0.2) is 67.1 Å². The molecule has 1 aliphatic rings. The third kappa shape index (κ3) is 4.86. The van der Waals surface area contributed by atoms with Gasteiger partial charge in [0.25, 0.3) is 5.91 Å². The minimum absolute atomic E-state index is 0.00355. The summed E-state index contributed by atoms with van der Waals surface area (Å²) in [5, 5.41) is 11.6. The highest BCUT2D eigenvalue weighted by atomic mass is 32.2. The van der Waals surface area contributed by atoms with Crippen LogP contribution >= 0.6 is 0 Å². The van der Waals surface area contributed by atoms with E-state index in [2.05, 4.69) is 20.5 Å². The van der Waals surface area contributed by atoms with Crippen LogP contribution in [0.15, 0.2) is 59.8 Å². The first-order valence-corrected chi connectivity index (χ1v) is 11.6. The molecule has 0 atom stereocenters. The molecule has 1 saturated heterocycles. The molecule has 0 unspecified atom stereocenters. The number of anilines is 3. The second kappa shape index (κ2) is 9.38. The monoisotopic (exact) mass is 469 g/mol. The number of methoxy groups -OCH3 is 1. The Morgan fingerprint density at radius 2 is 1.88 bits per heavy atom. The number of sulfonamides is 1. The number of carbonyl (C=O) groups is 1. The number of rotatable bonds is 7. The lowest BCUT2D eigenvalue weighted by Crippen LogP contribution is -2.49. The van der Waals surface area contributed by atoms with Crippen molar-refractivity contribution in [1.82, 2.24) is 19.5 Å². The molecule has 1 aromatic carbocycles. The van der Waals surface area contributed by atoms with Gasteiger partial charge in [0.15, 0.2) is 11.6 Å². The van der Waals surface area contributed by atoms with Crippen molar-refractivity contribution in [3.63, 3.8) is 0 Å². The van der Waals surface area contributed by atoms with Gasteiger partial charge in [0.05, 0.1) is 29.5 Å². The molecule has 0 radical (unpaired) electrons. The summed E-state index contributed by atoms with van der Waals surface area (Å²) in [5.41, 5.74) is 6.19. The number of nitrogens with one attached hydrogen (secondary N) is 1. The molecular weight excluding hydrogens is 446 g/mol. The molecule has 0 aliphatic carbocycles. The smallest absolute Gasteiger partial charge is 0.252 e. The largest absolute Gasteiger partial charge is 0.496 e. The zero-order chi connectivity index (χ0) is 23.4. The lowest BCUT2D eigenvalue weighted by molar-refractivity contribution is 0.0997. The van der Waals surface area contributed by atoms with Gasteiger partial charge >= 0.3 is 0 Å². The highest BCUT2D eigenvalue weighted by Gasteiger charge is 2.30. The number of amides is 1. The fourth-order valence-corrected chi connectivity index (χ4v) is 4.94. The topological polar surface area (TPSA) is 144 Å². The van der Waals surface area contributed by atoms with Crippen molar-refractivity contribution in [2.24, 2.45) is 5.73 Å². The van der Waals surface area contributed by atoms with Crippen LogP contribution in [0.4, 0.5) is 17.3 Å². The van der Waals surface area contributed by atoms with E-state index < -0.39 is 15.9 Å². The van der Waals surface area contributed by atoms with Gasteiger partial charge in [-0.2, -0.15) is 4.31 Å². The zero-order valence-electron chi connectivity index (χ0n) is 17.9. The standard InChI is InChI=1S/C21H23N7O4S/c1-32-18-5-4-16(13-17(18)21(22)29)33(30,31)28-11-9-27(10-12-28)20-7-6-19(25-26-20)24-15-3-2-8-23-14-15/h2-8,13-14H,9-12H2,1H3,(H2,22,29)(H,24,25). The normalized spacial score (nSPS) is 14.6. The van der Waals surface area contributed by atoms with Crippen molar-refractivity contribution in [3.05, 3.63) is 60.4 Å². The van der Waals surface area contributed by atoms with E-state index in [1.165, 1.54) is 29.6 Å². The number of primary amides is 1. The van der Waals surface area contributed by atoms with E-state index in [1.807, 2.05) is 23.1 Å². The predicted molar refractivity (Wildman–Crippen MR) is 122 cm³/mol. The van der Waals surface area contributed by atoms with Crippen molar-refractivity contribution in [2.45, 2.75) is 4.90 Å². The summed E-state index contributed by atoms with van der Waals surface area (Å²) in [4.78, 5) is 17.7. The third-order valence-corrected chi connectivity index (χ3v) is 7.12. The molecule has 1 amide bonds. The van der Waals surface area contributed by atoms with E-state index in [4.69, 9.17) is 10.5 Å². The summed E-state index contributed by atoms with van der Waals surface area (Å²) in [6.45, 7) is 1.42. The van der Waals surface area contributed by atoms with Crippen molar-refractivity contribution >= 4 is 33.3 Å². The molecule has 3 heterocycles. The maximum Gasteiger partial charge on any atom is 0.252 e. The van der Waals surface area contributed by atoms with Crippen LogP contribution in [0.1, 0.15) is 10.4 Å². The van der Waals surface area contributed by atoms with Crippen molar-refractivity contribution in [1.29, 1.82) is 0 Å². The summed E-state index contributed by atoms with van der Waals surface area (Å²) >= 11 is 0. The van der Waals surface area contributed by atoms with Gasteiger partial charge in [-0.15, -0.1) is 10.2 Å². The maximum atomic E-state index is 13.1. The molecule has 11 nitrogen and oxygen atoms in total. The number of benzene rings is 1. The Morgan fingerprint density at radius 3 is 2.48 bits per heavy atom. The molecule has 172 valence electrons. The second-order valence-corrected chi connectivity index (χ2v) is 9.20. The van der Waals surface area contributed by atoms with Crippen molar-refractivity contribution in [2.75, 3.05) is 43.5 Å². The number of nitrogens with two attached hydrogens (primary N) is 1. The van der Waals surface area contributed by atoms with Crippen LogP contribution < -0.4 is 20.7 Å². The van der Waals surface area contributed by atoms with Gasteiger partial charge in [0.1, 0.15) is 5.75 Å². The van der Waals surface area contributed by atoms with Gasteiger partial charge in [-0.1, -0.05) is 0 Å². The van der Waals surface area contributed by atoms with Gasteiger partial charge in [0, 0.05) is 32.4 Å². The zero-order valence-corrected chi connectivity index (χ0v) is 18.7. The number of piperazine rings is 1. The van der Waals surface area contributed by atoms with E-state index in [0.29, 0.717) is 24.7 Å². The van der Waals surface area contributed by atoms with Crippen molar-refractivity contribution in [3.8, 4) is 5.75 Å². The minimum atomic E-state index is -3.80. The molecule has 1 fully saturated rings. The van der Waals surface area contributed by atoms with Gasteiger partial charge in [0.2, 0.25) is 10.0 Å². The molecule has 3 N–H and O–H groups in total. The maximum absolute atomic E-state index is 13.1. The molecule has 0 saturated carbocycles. The molecule has 12 heteroatoms. The number of carbonyl (C=O) groups excluding carboxylic acids is 1. The average molecular weight is 470 g/mol. The summed E-state index contributed by atoms with van der Waals surface area (Å²) in [6.07, 6.45) is 3.37. The first-order chi connectivity index (χ1) is 15.9.